The van der Waals surface area contributed by atoms with Crippen molar-refractivity contribution >= 4 is 0 Å². The van der Waals surface area contributed by atoms with Gasteiger partial charge >= 0.3 is 0 Å². The highest BCUT2D eigenvalue weighted by Gasteiger charge is 2.22. The standard InChI is InChI=1S/C13H24N2O2/c1-13(2,11-14)5-8-15-6-3-12(4-7-15)17-10-9-16/h12,16H,3-10H2,1-2H3. The molecule has 1 saturated heterocycles. The van der Waals surface area contributed by atoms with Gasteiger partial charge in [-0.1, -0.05) is 0 Å². The summed E-state index contributed by atoms with van der Waals surface area (Å²) in [4.78, 5) is 2.40. The van der Waals surface area contributed by atoms with Crippen LogP contribution in [0.25, 0.3) is 0 Å². The van der Waals surface area contributed by atoms with Gasteiger partial charge < -0.3 is 14.7 Å². The Morgan fingerprint density at radius 1 is 1.41 bits per heavy atom. The Morgan fingerprint density at radius 3 is 2.59 bits per heavy atom. The van der Waals surface area contributed by atoms with Crippen molar-refractivity contribution in [3.05, 3.63) is 0 Å². The first-order chi connectivity index (χ1) is 8.07. The van der Waals surface area contributed by atoms with Crippen molar-refractivity contribution in [1.82, 2.24) is 4.90 Å². The van der Waals surface area contributed by atoms with E-state index in [1.807, 2.05) is 13.8 Å². The number of aliphatic hydroxyl groups excluding tert-OH is 1. The predicted molar refractivity (Wildman–Crippen MR) is 66.5 cm³/mol. The maximum Gasteiger partial charge on any atom is 0.0701 e. The molecule has 1 aliphatic rings. The summed E-state index contributed by atoms with van der Waals surface area (Å²) in [5, 5.41) is 17.6. The van der Waals surface area contributed by atoms with Crippen LogP contribution in [0.1, 0.15) is 33.1 Å². The summed E-state index contributed by atoms with van der Waals surface area (Å²) in [7, 11) is 0. The second-order valence-electron chi connectivity index (χ2n) is 5.38. The zero-order valence-electron chi connectivity index (χ0n) is 11.0. The molecule has 98 valence electrons. The molecule has 1 heterocycles. The van der Waals surface area contributed by atoms with E-state index in [-0.39, 0.29) is 12.0 Å². The van der Waals surface area contributed by atoms with Crippen LogP contribution in [0.3, 0.4) is 0 Å². The first kappa shape index (κ1) is 14.4. The molecule has 0 aromatic rings. The fourth-order valence-corrected chi connectivity index (χ4v) is 2.01. The van der Waals surface area contributed by atoms with E-state index in [2.05, 4.69) is 11.0 Å². The second kappa shape index (κ2) is 6.95. The summed E-state index contributed by atoms with van der Waals surface area (Å²) in [5.41, 5.74) is -0.218. The summed E-state index contributed by atoms with van der Waals surface area (Å²) in [6.07, 6.45) is 3.30. The maximum atomic E-state index is 8.95. The van der Waals surface area contributed by atoms with Gasteiger partial charge in [0.1, 0.15) is 0 Å². The molecular weight excluding hydrogens is 216 g/mol. The molecule has 0 unspecified atom stereocenters. The van der Waals surface area contributed by atoms with E-state index in [4.69, 9.17) is 15.1 Å². The Hall–Kier alpha value is -0.630. The molecule has 1 rings (SSSR count). The molecular formula is C13H24N2O2. The average molecular weight is 240 g/mol. The topological polar surface area (TPSA) is 56.5 Å². The summed E-state index contributed by atoms with van der Waals surface area (Å²) in [6, 6.07) is 2.34. The highest BCUT2D eigenvalue weighted by molar-refractivity contribution is 4.92. The summed E-state index contributed by atoms with van der Waals surface area (Å²) < 4.78 is 5.52. The van der Waals surface area contributed by atoms with Crippen molar-refractivity contribution < 1.29 is 9.84 Å². The third-order valence-electron chi connectivity index (χ3n) is 3.34. The van der Waals surface area contributed by atoms with Crippen molar-refractivity contribution in [3.63, 3.8) is 0 Å². The third-order valence-corrected chi connectivity index (χ3v) is 3.34. The molecule has 0 bridgehead atoms. The highest BCUT2D eigenvalue weighted by Crippen LogP contribution is 2.21. The number of nitrogens with zero attached hydrogens (tertiary/aromatic N) is 2. The molecule has 0 aromatic heterocycles. The number of ether oxygens (including phenoxy) is 1. The molecule has 0 saturated carbocycles. The molecule has 1 aliphatic heterocycles. The zero-order valence-corrected chi connectivity index (χ0v) is 11.0. The number of hydrogen-bond donors (Lipinski definition) is 1. The lowest BCUT2D eigenvalue weighted by atomic mass is 9.91. The summed E-state index contributed by atoms with van der Waals surface area (Å²) in [6.45, 7) is 7.61. The van der Waals surface area contributed by atoms with Gasteiger partial charge in [0.2, 0.25) is 0 Å². The quantitative estimate of drug-likeness (QED) is 0.762. The Kier molecular flexibility index (Phi) is 5.90. The molecule has 0 amide bonds. The molecule has 17 heavy (non-hydrogen) atoms. The molecule has 0 aliphatic carbocycles. The lowest BCUT2D eigenvalue weighted by Gasteiger charge is -2.33. The van der Waals surface area contributed by atoms with Gasteiger partial charge in [0.15, 0.2) is 0 Å². The van der Waals surface area contributed by atoms with Crippen molar-refractivity contribution in [2.75, 3.05) is 32.8 Å². The average Bonchev–Trinajstić information content (AvgIpc) is 2.35. The van der Waals surface area contributed by atoms with E-state index in [0.717, 1.165) is 38.9 Å². The fraction of sp³-hybridized carbons (Fsp3) is 0.923. The summed E-state index contributed by atoms with van der Waals surface area (Å²) >= 11 is 0. The van der Waals surface area contributed by atoms with Crippen molar-refractivity contribution in [1.29, 1.82) is 5.26 Å². The first-order valence-electron chi connectivity index (χ1n) is 6.43. The zero-order chi connectivity index (χ0) is 12.7. The van der Waals surface area contributed by atoms with Crippen molar-refractivity contribution in [3.8, 4) is 6.07 Å². The monoisotopic (exact) mass is 240 g/mol. The molecule has 0 aromatic carbocycles. The molecule has 1 N–H and O–H groups in total. The van der Waals surface area contributed by atoms with Gasteiger partial charge in [-0.2, -0.15) is 5.26 Å². The van der Waals surface area contributed by atoms with Crippen LogP contribution in [0, 0.1) is 16.7 Å². The Bertz CT molecular complexity index is 253. The molecule has 0 atom stereocenters. The number of likely N-dealkylation sites (tertiary alicyclic amines) is 1. The molecule has 1 fully saturated rings. The number of nitriles is 1. The number of aliphatic hydroxyl groups is 1. The fourth-order valence-electron chi connectivity index (χ4n) is 2.01. The Balaban J connectivity index is 2.17. The van der Waals surface area contributed by atoms with Gasteiger partial charge in [0.25, 0.3) is 0 Å². The van der Waals surface area contributed by atoms with E-state index in [1.165, 1.54) is 0 Å². The number of piperidine rings is 1. The molecule has 0 spiro atoms. The number of hydrogen-bond acceptors (Lipinski definition) is 4. The molecule has 4 nitrogen and oxygen atoms in total. The minimum Gasteiger partial charge on any atom is -0.394 e. The highest BCUT2D eigenvalue weighted by atomic mass is 16.5. The molecule has 4 heteroatoms. The van der Waals surface area contributed by atoms with Gasteiger partial charge in [0, 0.05) is 13.1 Å². The van der Waals surface area contributed by atoms with E-state index >= 15 is 0 Å². The van der Waals surface area contributed by atoms with E-state index in [1.54, 1.807) is 0 Å². The van der Waals surface area contributed by atoms with Gasteiger partial charge in [-0.25, -0.2) is 0 Å². The Labute approximate surface area is 104 Å². The normalized spacial score (nSPS) is 19.2. The predicted octanol–water partition coefficient (Wildman–Crippen LogP) is 1.40. The van der Waals surface area contributed by atoms with E-state index in [9.17, 15) is 0 Å². The minimum atomic E-state index is -0.218. The van der Waals surface area contributed by atoms with Crippen LogP contribution in [0.4, 0.5) is 0 Å². The van der Waals surface area contributed by atoms with Crippen LogP contribution in [0.15, 0.2) is 0 Å². The van der Waals surface area contributed by atoms with Crippen LogP contribution < -0.4 is 0 Å². The molecule has 0 radical (unpaired) electrons. The lowest BCUT2D eigenvalue weighted by molar-refractivity contribution is -0.00863. The smallest absolute Gasteiger partial charge is 0.0701 e. The maximum absolute atomic E-state index is 8.95. The Morgan fingerprint density at radius 2 is 2.06 bits per heavy atom. The lowest BCUT2D eigenvalue weighted by Crippen LogP contribution is -2.38. The van der Waals surface area contributed by atoms with Gasteiger partial charge in [0.05, 0.1) is 30.8 Å². The van der Waals surface area contributed by atoms with Crippen LogP contribution in [0.5, 0.6) is 0 Å². The third kappa shape index (κ3) is 5.49. The summed E-state index contributed by atoms with van der Waals surface area (Å²) in [5.74, 6) is 0. The largest absolute Gasteiger partial charge is 0.394 e. The van der Waals surface area contributed by atoms with Gasteiger partial charge in [-0.05, 0) is 39.7 Å². The second-order valence-corrected chi connectivity index (χ2v) is 5.38. The van der Waals surface area contributed by atoms with Crippen LogP contribution >= 0.6 is 0 Å². The van der Waals surface area contributed by atoms with Gasteiger partial charge in [-0.3, -0.25) is 0 Å². The van der Waals surface area contributed by atoms with Gasteiger partial charge in [-0.15, -0.1) is 0 Å². The number of rotatable bonds is 6. The van der Waals surface area contributed by atoms with Crippen LogP contribution in [0.2, 0.25) is 0 Å². The minimum absolute atomic E-state index is 0.108. The van der Waals surface area contributed by atoms with E-state index < -0.39 is 0 Å². The van der Waals surface area contributed by atoms with Crippen molar-refractivity contribution in [2.24, 2.45) is 5.41 Å². The van der Waals surface area contributed by atoms with Crippen LogP contribution in [-0.4, -0.2) is 49.0 Å². The first-order valence-corrected chi connectivity index (χ1v) is 6.43. The SMILES string of the molecule is CC(C)(C#N)CCN1CCC(OCCO)CC1. The van der Waals surface area contributed by atoms with Crippen molar-refractivity contribution in [2.45, 2.75) is 39.2 Å². The van der Waals surface area contributed by atoms with Crippen LogP contribution in [-0.2, 0) is 4.74 Å². The van der Waals surface area contributed by atoms with E-state index in [0.29, 0.717) is 12.7 Å².